The van der Waals surface area contributed by atoms with E-state index in [1.165, 1.54) is 0 Å². The van der Waals surface area contributed by atoms with E-state index >= 15 is 0 Å². The van der Waals surface area contributed by atoms with Crippen molar-refractivity contribution in [2.75, 3.05) is 31.5 Å². The second-order valence-corrected chi connectivity index (χ2v) is 5.59. The average molecular weight is 313 g/mol. The first-order valence-corrected chi connectivity index (χ1v) is 7.36. The number of carboxylic acids is 1. The van der Waals surface area contributed by atoms with Crippen molar-refractivity contribution in [3.63, 3.8) is 0 Å². The maximum Gasteiger partial charge on any atom is 0.230 e. The molecule has 0 aliphatic carbocycles. The van der Waals surface area contributed by atoms with E-state index < -0.39 is 12.0 Å². The Labute approximate surface area is 128 Å². The van der Waals surface area contributed by atoms with Crippen LogP contribution in [0.15, 0.2) is 24.3 Å². The molecule has 1 aromatic rings. The van der Waals surface area contributed by atoms with Crippen LogP contribution < -0.4 is 20.6 Å². The molecule has 0 spiro atoms. The maximum atomic E-state index is 12.0. The molecule has 0 saturated carbocycles. The summed E-state index contributed by atoms with van der Waals surface area (Å²) >= 11 is 5.77. The van der Waals surface area contributed by atoms with Gasteiger partial charge in [-0.15, -0.1) is 0 Å². The molecule has 1 saturated heterocycles. The van der Waals surface area contributed by atoms with Gasteiger partial charge in [0, 0.05) is 10.7 Å². The number of rotatable bonds is 5. The molecular weight excluding hydrogens is 294 g/mol. The van der Waals surface area contributed by atoms with E-state index in [-0.39, 0.29) is 12.3 Å². The van der Waals surface area contributed by atoms with E-state index in [0.717, 1.165) is 31.1 Å². The summed E-state index contributed by atoms with van der Waals surface area (Å²) in [6.07, 6.45) is -0.0830. The number of hydrogen-bond donors (Lipinski definition) is 3. The van der Waals surface area contributed by atoms with Crippen molar-refractivity contribution in [1.82, 2.24) is 0 Å². The lowest BCUT2D eigenvalue weighted by atomic mass is 10.1. The first-order valence-electron chi connectivity index (χ1n) is 6.99. The lowest BCUT2D eigenvalue weighted by molar-refractivity contribution is -0.961. The summed E-state index contributed by atoms with van der Waals surface area (Å²) in [6, 6.07) is 5.89. The number of quaternary nitrogens is 2. The normalized spacial score (nSPS) is 17.2. The molecule has 2 rings (SSSR count). The van der Waals surface area contributed by atoms with Gasteiger partial charge in [-0.3, -0.25) is 4.79 Å². The van der Waals surface area contributed by atoms with E-state index in [4.69, 9.17) is 11.6 Å². The van der Waals surface area contributed by atoms with Gasteiger partial charge in [-0.25, -0.2) is 0 Å². The first kappa shape index (κ1) is 15.8. The predicted molar refractivity (Wildman–Crippen MR) is 75.8 cm³/mol. The number of anilines is 1. The highest BCUT2D eigenvalue weighted by Crippen LogP contribution is 2.13. The number of benzene rings is 1. The van der Waals surface area contributed by atoms with Crippen molar-refractivity contribution in [1.29, 1.82) is 0 Å². The molecular formula is C14H19ClN3O3+. The van der Waals surface area contributed by atoms with Crippen LogP contribution in [0.25, 0.3) is 0 Å². The lowest BCUT2D eigenvalue weighted by Crippen LogP contribution is -3.24. The summed E-state index contributed by atoms with van der Waals surface area (Å²) in [7, 11) is 0. The Kier molecular flexibility index (Phi) is 5.55. The van der Waals surface area contributed by atoms with Gasteiger partial charge in [0.05, 0.1) is 12.4 Å². The molecule has 6 nitrogen and oxygen atoms in total. The van der Waals surface area contributed by atoms with Crippen LogP contribution in [0.4, 0.5) is 5.69 Å². The molecule has 1 aromatic carbocycles. The Morgan fingerprint density at radius 3 is 2.48 bits per heavy atom. The standard InChI is InChI=1S/C14H18ClN3O3/c15-10-1-3-11(4-2-10)17-13(19)9-12(14(20)21)18-7-5-16-6-8-18/h1-4,12,16H,5-9H2,(H,17,19)(H,20,21)/p+1/t12-/m1/s1. The van der Waals surface area contributed by atoms with Crippen molar-refractivity contribution in [2.24, 2.45) is 0 Å². The fourth-order valence-corrected chi connectivity index (χ4v) is 2.64. The molecule has 1 atom stereocenters. The number of amides is 1. The summed E-state index contributed by atoms with van der Waals surface area (Å²) < 4.78 is 0. The summed E-state index contributed by atoms with van der Waals surface area (Å²) in [6.45, 7) is 3.20. The van der Waals surface area contributed by atoms with Gasteiger partial charge in [0.2, 0.25) is 5.91 Å². The predicted octanol–water partition coefficient (Wildman–Crippen LogP) is -2.75. The van der Waals surface area contributed by atoms with Gasteiger partial charge in [-0.2, -0.15) is 0 Å². The van der Waals surface area contributed by atoms with Gasteiger partial charge in [0.15, 0.2) is 0 Å². The van der Waals surface area contributed by atoms with Crippen molar-refractivity contribution in [3.8, 4) is 0 Å². The topological polar surface area (TPSA) is 90.3 Å². The van der Waals surface area contributed by atoms with Crippen LogP contribution in [0.2, 0.25) is 5.02 Å². The molecule has 7 heteroatoms. The fraction of sp³-hybridized carbons (Fsp3) is 0.429. The number of aliphatic carboxylic acids is 1. The van der Waals surface area contributed by atoms with E-state index in [1.807, 2.05) is 0 Å². The lowest BCUT2D eigenvalue weighted by Gasteiger charge is -2.30. The van der Waals surface area contributed by atoms with Gasteiger partial charge in [-0.05, 0) is 24.3 Å². The van der Waals surface area contributed by atoms with Crippen LogP contribution in [0, 0.1) is 0 Å². The van der Waals surface area contributed by atoms with Crippen LogP contribution in [0.5, 0.6) is 0 Å². The highest BCUT2D eigenvalue weighted by molar-refractivity contribution is 6.30. The zero-order chi connectivity index (χ0) is 15.2. The Bertz CT molecular complexity index is 501. The van der Waals surface area contributed by atoms with Crippen LogP contribution in [0.1, 0.15) is 6.42 Å². The zero-order valence-electron chi connectivity index (χ0n) is 11.6. The van der Waals surface area contributed by atoms with E-state index in [1.54, 1.807) is 24.3 Å². The summed E-state index contributed by atoms with van der Waals surface area (Å²) in [5.74, 6) is -1.49. The molecule has 1 amide bonds. The Morgan fingerprint density at radius 2 is 1.90 bits per heavy atom. The summed E-state index contributed by atoms with van der Waals surface area (Å²) in [4.78, 5) is 24.2. The molecule has 0 unspecified atom stereocenters. The number of carbonyl (C=O) groups is 2. The first-order chi connectivity index (χ1) is 10.1. The van der Waals surface area contributed by atoms with Crippen LogP contribution in [-0.2, 0) is 9.59 Å². The minimum atomic E-state index is -1.17. The molecule has 114 valence electrons. The minimum Gasteiger partial charge on any atom is -0.544 e. The third kappa shape index (κ3) is 4.70. The molecule has 1 heterocycles. The second-order valence-electron chi connectivity index (χ2n) is 5.16. The van der Waals surface area contributed by atoms with Crippen LogP contribution in [-0.4, -0.2) is 44.1 Å². The van der Waals surface area contributed by atoms with Gasteiger partial charge < -0.3 is 25.4 Å². The fourth-order valence-electron chi connectivity index (χ4n) is 2.52. The number of carboxylic acid groups (broad SMARTS) is 1. The monoisotopic (exact) mass is 312 g/mol. The average Bonchev–Trinajstić information content (AvgIpc) is 2.48. The number of carbonyl (C=O) groups excluding carboxylic acids is 2. The Balaban J connectivity index is 1.94. The zero-order valence-corrected chi connectivity index (χ0v) is 12.4. The second kappa shape index (κ2) is 7.40. The number of hydrogen-bond acceptors (Lipinski definition) is 3. The van der Waals surface area contributed by atoms with Gasteiger partial charge in [0.1, 0.15) is 32.2 Å². The van der Waals surface area contributed by atoms with Crippen LogP contribution in [0.3, 0.4) is 0 Å². The molecule has 1 aliphatic heterocycles. The summed E-state index contributed by atoms with van der Waals surface area (Å²) in [5, 5.41) is 16.7. The van der Waals surface area contributed by atoms with E-state index in [9.17, 15) is 14.7 Å². The van der Waals surface area contributed by atoms with Crippen molar-refractivity contribution in [3.05, 3.63) is 29.3 Å². The maximum absolute atomic E-state index is 12.0. The van der Waals surface area contributed by atoms with Gasteiger partial charge in [0.25, 0.3) is 0 Å². The van der Waals surface area contributed by atoms with Gasteiger partial charge >= 0.3 is 0 Å². The molecule has 1 aliphatic rings. The van der Waals surface area contributed by atoms with Crippen molar-refractivity contribution in [2.45, 2.75) is 12.5 Å². The smallest absolute Gasteiger partial charge is 0.230 e. The highest BCUT2D eigenvalue weighted by atomic mass is 35.5. The van der Waals surface area contributed by atoms with Crippen molar-refractivity contribution >= 4 is 29.2 Å². The number of nitrogens with one attached hydrogen (secondary N) is 2. The quantitative estimate of drug-likeness (QED) is 0.550. The van der Waals surface area contributed by atoms with Crippen molar-refractivity contribution < 1.29 is 24.9 Å². The third-order valence-electron chi connectivity index (χ3n) is 3.63. The summed E-state index contributed by atoms with van der Waals surface area (Å²) in [5.41, 5.74) is 0.600. The molecule has 4 N–H and O–H groups in total. The Hall–Kier alpha value is -1.63. The largest absolute Gasteiger partial charge is 0.544 e. The molecule has 0 aromatic heterocycles. The Morgan fingerprint density at radius 1 is 1.29 bits per heavy atom. The highest BCUT2D eigenvalue weighted by Gasteiger charge is 2.29. The number of nitrogens with two attached hydrogens (primary N) is 1. The molecule has 0 radical (unpaired) electrons. The molecule has 21 heavy (non-hydrogen) atoms. The SMILES string of the molecule is O=C(C[C@H](C(=O)[O-])[NH+]1CC[NH2+]CC1)Nc1ccc(Cl)cc1. The van der Waals surface area contributed by atoms with Crippen LogP contribution >= 0.6 is 11.6 Å². The van der Waals surface area contributed by atoms with Gasteiger partial charge in [-0.1, -0.05) is 11.6 Å². The minimum absolute atomic E-state index is 0.0830. The molecule has 0 bridgehead atoms. The number of piperazine rings is 1. The third-order valence-corrected chi connectivity index (χ3v) is 3.89. The number of halogens is 1. The van der Waals surface area contributed by atoms with E-state index in [2.05, 4.69) is 10.6 Å². The molecule has 1 fully saturated rings. The van der Waals surface area contributed by atoms with E-state index in [0.29, 0.717) is 10.7 Å².